The van der Waals surface area contributed by atoms with Gasteiger partial charge in [-0.1, -0.05) is 30.1 Å². The third kappa shape index (κ3) is 1.58. The summed E-state index contributed by atoms with van der Waals surface area (Å²) in [6, 6.07) is 0. The van der Waals surface area contributed by atoms with Gasteiger partial charge in [0.05, 0.1) is 5.02 Å². The van der Waals surface area contributed by atoms with E-state index in [0.29, 0.717) is 0 Å². The van der Waals surface area contributed by atoms with Crippen LogP contribution in [0.3, 0.4) is 0 Å². The first-order valence-corrected chi connectivity index (χ1v) is 4.30. The van der Waals surface area contributed by atoms with Gasteiger partial charge >= 0.3 is 0 Å². The normalized spacial score (nSPS) is 10.5. The Morgan fingerprint density at radius 3 is 2.15 bits per heavy atom. The van der Waals surface area contributed by atoms with E-state index in [4.69, 9.17) is 28.3 Å². The van der Waals surface area contributed by atoms with E-state index < -0.39 is 22.4 Å². The molecular formula is C8H6Cl2F2O. The molecular weight excluding hydrogens is 221 g/mol. The van der Waals surface area contributed by atoms with E-state index in [9.17, 15) is 8.78 Å². The summed E-state index contributed by atoms with van der Waals surface area (Å²) in [5, 5.41) is 8.02. The summed E-state index contributed by atoms with van der Waals surface area (Å²) >= 11 is 10.8. The molecule has 0 saturated carbocycles. The quantitative estimate of drug-likeness (QED) is 0.574. The SMILES string of the molecule is CCc1c(F)c(Cl)c(F)c(O)c1Cl. The van der Waals surface area contributed by atoms with Crippen molar-refractivity contribution < 1.29 is 13.9 Å². The second-order valence-electron chi connectivity index (χ2n) is 2.44. The first-order valence-electron chi connectivity index (χ1n) is 3.54. The average molecular weight is 227 g/mol. The Balaban J connectivity index is 3.56. The van der Waals surface area contributed by atoms with Crippen LogP contribution in [-0.4, -0.2) is 5.11 Å². The molecule has 1 aromatic carbocycles. The fourth-order valence-corrected chi connectivity index (χ4v) is 1.48. The second kappa shape index (κ2) is 3.68. The molecule has 0 aliphatic carbocycles. The van der Waals surface area contributed by atoms with Gasteiger partial charge in [-0.05, 0) is 6.42 Å². The van der Waals surface area contributed by atoms with Crippen molar-refractivity contribution in [1.82, 2.24) is 0 Å². The van der Waals surface area contributed by atoms with Crippen LogP contribution in [0.25, 0.3) is 0 Å². The predicted molar refractivity (Wildman–Crippen MR) is 47.4 cm³/mol. The summed E-state index contributed by atoms with van der Waals surface area (Å²) in [5.74, 6) is -2.93. The van der Waals surface area contributed by atoms with Crippen molar-refractivity contribution in [3.05, 3.63) is 27.2 Å². The Bertz CT molecular complexity index is 323. The number of phenols is 1. The first kappa shape index (κ1) is 10.5. The minimum atomic E-state index is -1.22. The zero-order valence-electron chi connectivity index (χ0n) is 6.67. The van der Waals surface area contributed by atoms with Crippen LogP contribution < -0.4 is 0 Å². The number of benzene rings is 1. The summed E-state index contributed by atoms with van der Waals surface area (Å²) in [6.07, 6.45) is 0.234. The van der Waals surface area contributed by atoms with Crippen LogP contribution in [-0.2, 0) is 6.42 Å². The Hall–Kier alpha value is -0.540. The molecule has 0 unspecified atom stereocenters. The molecule has 0 atom stereocenters. The minimum absolute atomic E-state index is 0.0190. The molecule has 0 radical (unpaired) electrons. The van der Waals surface area contributed by atoms with Gasteiger partial charge in [0.25, 0.3) is 0 Å². The van der Waals surface area contributed by atoms with E-state index in [0.717, 1.165) is 0 Å². The lowest BCUT2D eigenvalue weighted by atomic mass is 10.1. The number of hydrogen-bond donors (Lipinski definition) is 1. The molecule has 0 fully saturated rings. The lowest BCUT2D eigenvalue weighted by Crippen LogP contribution is -1.95. The predicted octanol–water partition coefficient (Wildman–Crippen LogP) is 3.54. The number of hydrogen-bond acceptors (Lipinski definition) is 1. The van der Waals surface area contributed by atoms with Crippen molar-refractivity contribution in [1.29, 1.82) is 0 Å². The van der Waals surface area contributed by atoms with Gasteiger partial charge in [0.15, 0.2) is 11.6 Å². The lowest BCUT2D eigenvalue weighted by molar-refractivity contribution is 0.427. The van der Waals surface area contributed by atoms with E-state index in [-0.39, 0.29) is 17.0 Å². The summed E-state index contributed by atoms with van der Waals surface area (Å²) in [6.45, 7) is 1.62. The summed E-state index contributed by atoms with van der Waals surface area (Å²) in [4.78, 5) is 0. The third-order valence-electron chi connectivity index (χ3n) is 1.68. The average Bonchev–Trinajstić information content (AvgIpc) is 2.13. The zero-order chi connectivity index (χ0) is 10.2. The molecule has 0 aromatic heterocycles. The molecule has 0 heterocycles. The van der Waals surface area contributed by atoms with Crippen LogP contribution in [0.2, 0.25) is 10.0 Å². The molecule has 5 heteroatoms. The van der Waals surface area contributed by atoms with Crippen LogP contribution in [0, 0.1) is 11.6 Å². The highest BCUT2D eigenvalue weighted by Gasteiger charge is 2.20. The first-order chi connectivity index (χ1) is 6.00. The van der Waals surface area contributed by atoms with Crippen LogP contribution in [0.4, 0.5) is 8.78 Å². The molecule has 72 valence electrons. The van der Waals surface area contributed by atoms with Crippen LogP contribution in [0.1, 0.15) is 12.5 Å². The Labute approximate surface area is 83.9 Å². The molecule has 13 heavy (non-hydrogen) atoms. The van der Waals surface area contributed by atoms with Crippen molar-refractivity contribution in [3.8, 4) is 5.75 Å². The number of aromatic hydroxyl groups is 1. The molecule has 0 aliphatic rings. The van der Waals surface area contributed by atoms with E-state index >= 15 is 0 Å². The summed E-state index contributed by atoms with van der Waals surface area (Å²) < 4.78 is 26.0. The lowest BCUT2D eigenvalue weighted by Gasteiger charge is -2.08. The molecule has 0 saturated heterocycles. The van der Waals surface area contributed by atoms with Crippen LogP contribution in [0.5, 0.6) is 5.75 Å². The molecule has 0 amide bonds. The molecule has 1 nitrogen and oxygen atoms in total. The van der Waals surface area contributed by atoms with E-state index in [1.54, 1.807) is 6.92 Å². The number of rotatable bonds is 1. The van der Waals surface area contributed by atoms with Gasteiger partial charge in [0, 0.05) is 5.56 Å². The van der Waals surface area contributed by atoms with Crippen molar-refractivity contribution in [2.75, 3.05) is 0 Å². The molecule has 0 aliphatic heterocycles. The topological polar surface area (TPSA) is 20.2 Å². The summed E-state index contributed by atoms with van der Waals surface area (Å²) in [7, 11) is 0. The summed E-state index contributed by atoms with van der Waals surface area (Å²) in [5.41, 5.74) is 0.0190. The van der Waals surface area contributed by atoms with E-state index in [2.05, 4.69) is 0 Å². The van der Waals surface area contributed by atoms with Gasteiger partial charge in [-0.2, -0.15) is 0 Å². The monoisotopic (exact) mass is 226 g/mol. The fraction of sp³-hybridized carbons (Fsp3) is 0.250. The fourth-order valence-electron chi connectivity index (χ4n) is 0.979. The minimum Gasteiger partial charge on any atom is -0.504 e. The Morgan fingerprint density at radius 1 is 1.15 bits per heavy atom. The van der Waals surface area contributed by atoms with Gasteiger partial charge < -0.3 is 5.11 Å². The zero-order valence-corrected chi connectivity index (χ0v) is 8.18. The molecule has 1 rings (SSSR count). The highest BCUT2D eigenvalue weighted by molar-refractivity contribution is 6.35. The second-order valence-corrected chi connectivity index (χ2v) is 3.19. The smallest absolute Gasteiger partial charge is 0.187 e. The van der Waals surface area contributed by atoms with Gasteiger partial charge in [0.2, 0.25) is 0 Å². The third-order valence-corrected chi connectivity index (χ3v) is 2.42. The van der Waals surface area contributed by atoms with Crippen molar-refractivity contribution >= 4 is 23.2 Å². The maximum absolute atomic E-state index is 13.1. The van der Waals surface area contributed by atoms with Gasteiger partial charge in [-0.25, -0.2) is 8.78 Å². The molecule has 0 bridgehead atoms. The van der Waals surface area contributed by atoms with Gasteiger partial charge in [-0.15, -0.1) is 0 Å². The molecule has 0 spiro atoms. The van der Waals surface area contributed by atoms with Crippen molar-refractivity contribution in [2.24, 2.45) is 0 Å². The standard InChI is InChI=1S/C8H6Cl2F2O/c1-2-3-4(9)8(13)7(12)5(10)6(3)11/h13H,2H2,1H3. The molecule has 1 N–H and O–H groups in total. The highest BCUT2D eigenvalue weighted by Crippen LogP contribution is 2.37. The number of halogens is 4. The van der Waals surface area contributed by atoms with Crippen LogP contribution in [0.15, 0.2) is 0 Å². The van der Waals surface area contributed by atoms with Gasteiger partial charge in [-0.3, -0.25) is 0 Å². The maximum atomic E-state index is 13.1. The largest absolute Gasteiger partial charge is 0.504 e. The Morgan fingerprint density at radius 2 is 1.69 bits per heavy atom. The van der Waals surface area contributed by atoms with Crippen molar-refractivity contribution in [3.63, 3.8) is 0 Å². The highest BCUT2D eigenvalue weighted by atomic mass is 35.5. The molecule has 1 aromatic rings. The Kier molecular flexibility index (Phi) is 2.98. The number of phenolic OH excluding ortho intramolecular Hbond substituents is 1. The van der Waals surface area contributed by atoms with Gasteiger partial charge in [0.1, 0.15) is 10.8 Å². The van der Waals surface area contributed by atoms with E-state index in [1.165, 1.54) is 0 Å². The van der Waals surface area contributed by atoms with Crippen molar-refractivity contribution in [2.45, 2.75) is 13.3 Å². The van der Waals surface area contributed by atoms with E-state index in [1.807, 2.05) is 0 Å². The maximum Gasteiger partial charge on any atom is 0.187 e. The van der Waals surface area contributed by atoms with Crippen LogP contribution >= 0.6 is 23.2 Å².